The maximum Gasteiger partial charge on any atom is 0.254 e. The zero-order valence-electron chi connectivity index (χ0n) is 16.0. The number of halogens is 1. The van der Waals surface area contributed by atoms with Crippen LogP contribution in [0.5, 0.6) is 0 Å². The monoisotopic (exact) mass is 385 g/mol. The van der Waals surface area contributed by atoms with Gasteiger partial charge < -0.3 is 15.5 Å². The highest BCUT2D eigenvalue weighted by molar-refractivity contribution is 5.98. The van der Waals surface area contributed by atoms with Gasteiger partial charge in [0.05, 0.1) is 13.1 Å². The first-order valence-corrected chi connectivity index (χ1v) is 9.07. The van der Waals surface area contributed by atoms with Crippen LogP contribution in [0.25, 0.3) is 0 Å². The Hall–Kier alpha value is -3.22. The van der Waals surface area contributed by atoms with E-state index in [4.69, 9.17) is 0 Å². The van der Waals surface area contributed by atoms with Crippen molar-refractivity contribution in [2.75, 3.05) is 25.0 Å². The van der Waals surface area contributed by atoms with E-state index in [9.17, 15) is 18.8 Å². The van der Waals surface area contributed by atoms with Crippen LogP contribution in [-0.4, -0.2) is 42.3 Å². The van der Waals surface area contributed by atoms with Crippen molar-refractivity contribution in [1.29, 1.82) is 0 Å². The predicted molar refractivity (Wildman–Crippen MR) is 105 cm³/mol. The van der Waals surface area contributed by atoms with E-state index < -0.39 is 17.6 Å². The molecular formula is C21H24FN3O3. The SMILES string of the molecule is CCCN(CC(=O)NCC(=O)Nc1ccc(C)cc1)C(=O)c1cccc(F)c1. The fraction of sp³-hybridized carbons (Fsp3) is 0.286. The Morgan fingerprint density at radius 3 is 2.39 bits per heavy atom. The average molecular weight is 385 g/mol. The summed E-state index contributed by atoms with van der Waals surface area (Å²) in [6.45, 7) is 3.75. The van der Waals surface area contributed by atoms with E-state index in [-0.39, 0.29) is 24.6 Å². The Balaban J connectivity index is 1.88. The minimum absolute atomic E-state index is 0.179. The van der Waals surface area contributed by atoms with Gasteiger partial charge in [-0.1, -0.05) is 30.7 Å². The third kappa shape index (κ3) is 6.50. The van der Waals surface area contributed by atoms with E-state index in [1.54, 1.807) is 12.1 Å². The van der Waals surface area contributed by atoms with Gasteiger partial charge in [0, 0.05) is 17.8 Å². The minimum atomic E-state index is -0.514. The van der Waals surface area contributed by atoms with Crippen molar-refractivity contribution in [2.45, 2.75) is 20.3 Å². The van der Waals surface area contributed by atoms with Crippen molar-refractivity contribution in [3.8, 4) is 0 Å². The fourth-order valence-electron chi connectivity index (χ4n) is 2.58. The molecule has 0 saturated carbocycles. The smallest absolute Gasteiger partial charge is 0.254 e. The van der Waals surface area contributed by atoms with Crippen LogP contribution in [0, 0.1) is 12.7 Å². The Bertz CT molecular complexity index is 837. The summed E-state index contributed by atoms with van der Waals surface area (Å²) >= 11 is 0. The highest BCUT2D eigenvalue weighted by Gasteiger charge is 2.19. The molecule has 0 aliphatic rings. The second-order valence-corrected chi connectivity index (χ2v) is 6.43. The number of carbonyl (C=O) groups is 3. The second-order valence-electron chi connectivity index (χ2n) is 6.43. The first-order valence-electron chi connectivity index (χ1n) is 9.07. The number of nitrogens with zero attached hydrogens (tertiary/aromatic N) is 1. The minimum Gasteiger partial charge on any atom is -0.345 e. The Labute approximate surface area is 163 Å². The van der Waals surface area contributed by atoms with E-state index in [0.717, 1.165) is 11.6 Å². The molecule has 0 spiro atoms. The molecule has 0 atom stereocenters. The number of nitrogens with one attached hydrogen (secondary N) is 2. The van der Waals surface area contributed by atoms with Crippen molar-refractivity contribution in [1.82, 2.24) is 10.2 Å². The van der Waals surface area contributed by atoms with Crippen LogP contribution < -0.4 is 10.6 Å². The van der Waals surface area contributed by atoms with Gasteiger partial charge in [-0.3, -0.25) is 14.4 Å². The lowest BCUT2D eigenvalue weighted by Crippen LogP contribution is -2.43. The van der Waals surface area contributed by atoms with E-state index in [0.29, 0.717) is 18.7 Å². The van der Waals surface area contributed by atoms with Crippen molar-refractivity contribution in [3.05, 3.63) is 65.5 Å². The number of benzene rings is 2. The molecule has 2 N–H and O–H groups in total. The number of rotatable bonds is 8. The van der Waals surface area contributed by atoms with Gasteiger partial charge in [0.15, 0.2) is 0 Å². The van der Waals surface area contributed by atoms with Crippen LogP contribution in [0.4, 0.5) is 10.1 Å². The lowest BCUT2D eigenvalue weighted by Gasteiger charge is -2.21. The third-order valence-corrected chi connectivity index (χ3v) is 3.97. The summed E-state index contributed by atoms with van der Waals surface area (Å²) < 4.78 is 13.4. The molecule has 0 heterocycles. The van der Waals surface area contributed by atoms with Crippen molar-refractivity contribution < 1.29 is 18.8 Å². The molecule has 0 bridgehead atoms. The van der Waals surface area contributed by atoms with Gasteiger partial charge in [-0.05, 0) is 43.7 Å². The molecule has 2 aromatic carbocycles. The summed E-state index contributed by atoms with van der Waals surface area (Å²) in [7, 11) is 0. The quantitative estimate of drug-likeness (QED) is 0.733. The highest BCUT2D eigenvalue weighted by Crippen LogP contribution is 2.09. The summed E-state index contributed by atoms with van der Waals surface area (Å²) in [4.78, 5) is 38.0. The molecule has 0 unspecified atom stereocenters. The van der Waals surface area contributed by atoms with Gasteiger partial charge in [-0.2, -0.15) is 0 Å². The number of anilines is 1. The number of hydrogen-bond acceptors (Lipinski definition) is 3. The standard InChI is InChI=1S/C21H24FN3O3/c1-3-11-25(21(28)16-5-4-6-17(22)12-16)14-20(27)23-13-19(26)24-18-9-7-15(2)8-10-18/h4-10,12H,3,11,13-14H2,1-2H3,(H,23,27)(H,24,26). The maximum atomic E-state index is 13.4. The van der Waals surface area contributed by atoms with Gasteiger partial charge in [0.2, 0.25) is 11.8 Å². The largest absolute Gasteiger partial charge is 0.345 e. The molecule has 0 saturated heterocycles. The van der Waals surface area contributed by atoms with Crippen molar-refractivity contribution >= 4 is 23.4 Å². The van der Waals surface area contributed by atoms with E-state index in [2.05, 4.69) is 10.6 Å². The lowest BCUT2D eigenvalue weighted by molar-refractivity contribution is -0.124. The van der Waals surface area contributed by atoms with E-state index >= 15 is 0 Å². The number of amides is 3. The van der Waals surface area contributed by atoms with Gasteiger partial charge in [-0.15, -0.1) is 0 Å². The van der Waals surface area contributed by atoms with E-state index in [1.165, 1.54) is 23.1 Å². The maximum absolute atomic E-state index is 13.4. The number of carbonyl (C=O) groups excluding carboxylic acids is 3. The molecule has 6 nitrogen and oxygen atoms in total. The van der Waals surface area contributed by atoms with Crippen LogP contribution in [0.3, 0.4) is 0 Å². The zero-order chi connectivity index (χ0) is 20.5. The van der Waals surface area contributed by atoms with Crippen molar-refractivity contribution in [2.24, 2.45) is 0 Å². The van der Waals surface area contributed by atoms with Crippen LogP contribution in [0.15, 0.2) is 48.5 Å². The molecule has 3 amide bonds. The molecule has 148 valence electrons. The molecule has 0 aliphatic heterocycles. The Kier molecular flexibility index (Phi) is 7.68. The third-order valence-electron chi connectivity index (χ3n) is 3.97. The van der Waals surface area contributed by atoms with Gasteiger partial charge >= 0.3 is 0 Å². The van der Waals surface area contributed by atoms with Crippen LogP contribution in [0.1, 0.15) is 29.3 Å². The number of hydrogen-bond donors (Lipinski definition) is 2. The van der Waals surface area contributed by atoms with Crippen LogP contribution >= 0.6 is 0 Å². The topological polar surface area (TPSA) is 78.5 Å². The summed E-state index contributed by atoms with van der Waals surface area (Å²) in [5.41, 5.74) is 1.89. The first-order chi connectivity index (χ1) is 13.4. The molecule has 2 rings (SSSR count). The summed E-state index contributed by atoms with van der Waals surface area (Å²) in [6.07, 6.45) is 0.641. The van der Waals surface area contributed by atoms with E-state index in [1.807, 2.05) is 26.0 Å². The molecular weight excluding hydrogens is 361 g/mol. The van der Waals surface area contributed by atoms with Gasteiger partial charge in [0.25, 0.3) is 5.91 Å². The normalized spacial score (nSPS) is 10.2. The molecule has 0 radical (unpaired) electrons. The molecule has 0 aromatic heterocycles. The predicted octanol–water partition coefficient (Wildman–Crippen LogP) is 2.74. The summed E-state index contributed by atoms with van der Waals surface area (Å²) in [5.74, 6) is -1.77. The summed E-state index contributed by atoms with van der Waals surface area (Å²) in [6, 6.07) is 12.6. The summed E-state index contributed by atoms with van der Waals surface area (Å²) in [5, 5.41) is 5.18. The molecule has 0 aliphatic carbocycles. The second kappa shape index (κ2) is 10.2. The molecule has 28 heavy (non-hydrogen) atoms. The Morgan fingerprint density at radius 2 is 1.75 bits per heavy atom. The van der Waals surface area contributed by atoms with Crippen molar-refractivity contribution in [3.63, 3.8) is 0 Å². The van der Waals surface area contributed by atoms with Gasteiger partial charge in [0.1, 0.15) is 5.82 Å². The molecule has 2 aromatic rings. The average Bonchev–Trinajstić information content (AvgIpc) is 2.67. The highest BCUT2D eigenvalue weighted by atomic mass is 19.1. The first kappa shape index (κ1) is 21.1. The molecule has 7 heteroatoms. The Morgan fingerprint density at radius 1 is 1.04 bits per heavy atom. The zero-order valence-corrected chi connectivity index (χ0v) is 16.0. The van der Waals surface area contributed by atoms with Gasteiger partial charge in [-0.25, -0.2) is 4.39 Å². The fourth-order valence-corrected chi connectivity index (χ4v) is 2.58. The van der Waals surface area contributed by atoms with Crippen LogP contribution in [0.2, 0.25) is 0 Å². The lowest BCUT2D eigenvalue weighted by atomic mass is 10.2. The molecule has 0 fully saturated rings. The van der Waals surface area contributed by atoms with Crippen LogP contribution in [-0.2, 0) is 9.59 Å². The number of aryl methyl sites for hydroxylation is 1.